The number of esters is 2. The number of fused-ring (bicyclic) bond motifs is 1. The Morgan fingerprint density at radius 2 is 1.67 bits per heavy atom. The molecule has 1 aromatic heterocycles. The molecule has 1 aliphatic heterocycles. The van der Waals surface area contributed by atoms with E-state index in [4.69, 9.17) is 18.9 Å². The van der Waals surface area contributed by atoms with E-state index in [1.165, 1.54) is 30.1 Å². The van der Waals surface area contributed by atoms with Gasteiger partial charge in [-0.15, -0.1) is 0 Å². The number of carbonyl (C=O) groups excluding carboxylic acids is 2. The molecule has 2 heterocycles. The Balaban J connectivity index is 1.78. The molecule has 0 amide bonds. The van der Waals surface area contributed by atoms with Gasteiger partial charge in [0.05, 0.1) is 50.3 Å². The highest BCUT2D eigenvalue weighted by Crippen LogP contribution is 2.36. The minimum atomic E-state index is -0.786. The number of thiazole rings is 1. The molecule has 0 spiro atoms. The number of nitrogens with one attached hydrogen (secondary N) is 1. The van der Waals surface area contributed by atoms with E-state index in [1.807, 2.05) is 0 Å². The third-order valence-corrected chi connectivity index (χ3v) is 6.99. The molecule has 0 aliphatic carbocycles. The third kappa shape index (κ3) is 5.58. The molecular weight excluding hydrogens is 522 g/mol. The number of anilines is 1. The van der Waals surface area contributed by atoms with Gasteiger partial charge in [-0.2, -0.15) is 0 Å². The van der Waals surface area contributed by atoms with Gasteiger partial charge in [0.25, 0.3) is 5.56 Å². The molecule has 1 aliphatic rings. The minimum Gasteiger partial charge on any atom is -0.493 e. The van der Waals surface area contributed by atoms with Crippen molar-refractivity contribution >= 4 is 35.2 Å². The van der Waals surface area contributed by atoms with Crippen LogP contribution in [0.5, 0.6) is 11.5 Å². The van der Waals surface area contributed by atoms with Gasteiger partial charge in [-0.1, -0.05) is 17.4 Å². The van der Waals surface area contributed by atoms with Gasteiger partial charge >= 0.3 is 11.9 Å². The number of hydrogen-bond donors (Lipinski definition) is 1. The number of allylic oxidation sites excluding steroid dienone is 1. The minimum absolute atomic E-state index is 0.178. The first-order valence-corrected chi connectivity index (χ1v) is 13.1. The van der Waals surface area contributed by atoms with Gasteiger partial charge in [-0.3, -0.25) is 9.36 Å². The summed E-state index contributed by atoms with van der Waals surface area (Å²) in [6.07, 6.45) is 1.58. The normalized spacial score (nSPS) is 14.8. The lowest BCUT2D eigenvalue weighted by Gasteiger charge is -2.25. The Hall–Kier alpha value is -4.38. The molecule has 4 rings (SSSR count). The van der Waals surface area contributed by atoms with Crippen molar-refractivity contribution in [3.63, 3.8) is 0 Å². The van der Waals surface area contributed by atoms with Crippen LogP contribution >= 0.6 is 11.3 Å². The van der Waals surface area contributed by atoms with Crippen LogP contribution in [-0.4, -0.2) is 43.9 Å². The average Bonchev–Trinajstić information content (AvgIpc) is 3.25. The van der Waals surface area contributed by atoms with Crippen molar-refractivity contribution < 1.29 is 28.5 Å². The van der Waals surface area contributed by atoms with Gasteiger partial charge in [0.1, 0.15) is 4.53 Å². The molecule has 0 saturated carbocycles. The van der Waals surface area contributed by atoms with Crippen molar-refractivity contribution in [2.75, 3.05) is 32.8 Å². The summed E-state index contributed by atoms with van der Waals surface area (Å²) >= 11 is 1.19. The molecule has 1 atom stereocenters. The van der Waals surface area contributed by atoms with Crippen molar-refractivity contribution in [1.29, 1.82) is 0 Å². The van der Waals surface area contributed by atoms with Crippen molar-refractivity contribution in [2.24, 2.45) is 4.99 Å². The number of rotatable bonds is 9. The van der Waals surface area contributed by atoms with Crippen molar-refractivity contribution in [3.8, 4) is 11.5 Å². The first-order valence-electron chi connectivity index (χ1n) is 12.3. The van der Waals surface area contributed by atoms with Crippen LogP contribution < -0.4 is 29.7 Å². The Morgan fingerprint density at radius 3 is 2.31 bits per heavy atom. The second-order valence-electron chi connectivity index (χ2n) is 8.36. The molecule has 0 saturated heterocycles. The highest BCUT2D eigenvalue weighted by Gasteiger charge is 2.33. The summed E-state index contributed by atoms with van der Waals surface area (Å²) in [4.78, 5) is 43.7. The summed E-state index contributed by atoms with van der Waals surface area (Å²) in [5.41, 5.74) is 2.14. The van der Waals surface area contributed by atoms with E-state index in [0.29, 0.717) is 50.0 Å². The molecule has 2 aromatic carbocycles. The zero-order valence-electron chi connectivity index (χ0n) is 22.3. The highest BCUT2D eigenvalue weighted by atomic mass is 32.1. The van der Waals surface area contributed by atoms with Gasteiger partial charge in [0.15, 0.2) is 16.3 Å². The predicted octanol–water partition coefficient (Wildman–Crippen LogP) is 3.01. The lowest BCUT2D eigenvalue weighted by molar-refractivity contribution is -0.139. The standard InChI is InChI=1S/C28H29N3O7S/c1-6-37-26(33)17-8-11-19(12-9-17)29-15-22-25(32)31-24(18-10-13-20(35-4)21(14-18)36-5)23(27(34)38-7-2)16(3)30-28(31)39-22/h8-15,24,29H,6-7H2,1-5H3/b22-15-/t24-/m0/s1. The van der Waals surface area contributed by atoms with Crippen molar-refractivity contribution in [3.05, 3.63) is 84.5 Å². The van der Waals surface area contributed by atoms with Crippen LogP contribution in [0.1, 0.15) is 42.7 Å². The Bertz CT molecular complexity index is 1600. The van der Waals surface area contributed by atoms with Gasteiger partial charge < -0.3 is 24.3 Å². The Morgan fingerprint density at radius 1 is 1.00 bits per heavy atom. The first kappa shape index (κ1) is 27.6. The van der Waals surface area contributed by atoms with Crippen LogP contribution in [0.2, 0.25) is 0 Å². The van der Waals surface area contributed by atoms with Crippen LogP contribution in [0.4, 0.5) is 5.69 Å². The lowest BCUT2D eigenvalue weighted by atomic mass is 9.95. The van der Waals surface area contributed by atoms with Gasteiger partial charge in [0, 0.05) is 11.9 Å². The maximum atomic E-state index is 13.7. The summed E-state index contributed by atoms with van der Waals surface area (Å²) in [7, 11) is 3.05. The fourth-order valence-corrected chi connectivity index (χ4v) is 5.17. The average molecular weight is 552 g/mol. The molecular formula is C28H29N3O7S. The molecule has 3 aromatic rings. The molecule has 10 nitrogen and oxygen atoms in total. The van der Waals surface area contributed by atoms with E-state index < -0.39 is 18.0 Å². The van der Waals surface area contributed by atoms with Crippen LogP contribution in [-0.2, 0) is 14.3 Å². The first-order chi connectivity index (χ1) is 18.8. The maximum Gasteiger partial charge on any atom is 0.338 e. The van der Waals surface area contributed by atoms with Crippen LogP contribution in [0, 0.1) is 0 Å². The molecule has 0 radical (unpaired) electrons. The number of hydrogen-bond acceptors (Lipinski definition) is 10. The van der Waals surface area contributed by atoms with Crippen LogP contribution in [0.3, 0.4) is 0 Å². The maximum absolute atomic E-state index is 13.7. The number of aromatic nitrogens is 1. The second kappa shape index (κ2) is 12.0. The molecule has 0 bridgehead atoms. The number of nitrogens with zero attached hydrogens (tertiary/aromatic N) is 2. The molecule has 1 N–H and O–H groups in total. The van der Waals surface area contributed by atoms with E-state index in [9.17, 15) is 14.4 Å². The van der Waals surface area contributed by atoms with Gasteiger partial charge in [-0.25, -0.2) is 14.6 Å². The summed E-state index contributed by atoms with van der Waals surface area (Å²) < 4.78 is 23.1. The zero-order chi connectivity index (χ0) is 28.1. The van der Waals surface area contributed by atoms with Gasteiger partial charge in [0.2, 0.25) is 0 Å². The zero-order valence-corrected chi connectivity index (χ0v) is 23.1. The van der Waals surface area contributed by atoms with Gasteiger partial charge in [-0.05, 0) is 62.7 Å². The number of carbonyl (C=O) groups is 2. The van der Waals surface area contributed by atoms with E-state index in [2.05, 4.69) is 10.3 Å². The fourth-order valence-electron chi connectivity index (χ4n) is 4.20. The van der Waals surface area contributed by atoms with E-state index in [-0.39, 0.29) is 17.7 Å². The summed E-state index contributed by atoms with van der Waals surface area (Å²) in [5, 5.41) is 3.10. The van der Waals surface area contributed by atoms with E-state index in [1.54, 1.807) is 69.4 Å². The molecule has 39 heavy (non-hydrogen) atoms. The van der Waals surface area contributed by atoms with Crippen molar-refractivity contribution in [1.82, 2.24) is 4.57 Å². The molecule has 0 fully saturated rings. The summed E-state index contributed by atoms with van der Waals surface area (Å²) in [5.74, 6) is 0.0288. The Labute approximate surface area is 228 Å². The Kier molecular flexibility index (Phi) is 8.50. The topological polar surface area (TPSA) is 117 Å². The van der Waals surface area contributed by atoms with E-state index >= 15 is 0 Å². The molecule has 204 valence electrons. The van der Waals surface area contributed by atoms with Crippen LogP contribution in [0.25, 0.3) is 6.20 Å². The summed E-state index contributed by atoms with van der Waals surface area (Å²) in [6, 6.07) is 11.2. The third-order valence-electron chi connectivity index (χ3n) is 6.01. The SMILES string of the molecule is CCOC(=O)C1=C(C)N=c2s/c(=C\Nc3ccc(C(=O)OCC)cc3)c(=O)n2[C@H]1c1ccc(OC)c(OC)c1. The molecule has 0 unspecified atom stereocenters. The molecule has 11 heteroatoms. The monoisotopic (exact) mass is 551 g/mol. The quantitative estimate of drug-likeness (QED) is 0.404. The van der Waals surface area contributed by atoms with Crippen LogP contribution in [0.15, 0.2) is 63.5 Å². The predicted molar refractivity (Wildman–Crippen MR) is 147 cm³/mol. The number of methoxy groups -OCH3 is 2. The van der Waals surface area contributed by atoms with E-state index in [0.717, 1.165) is 0 Å². The number of benzene rings is 2. The smallest absolute Gasteiger partial charge is 0.338 e. The fraction of sp³-hybridized carbons (Fsp3) is 0.286. The highest BCUT2D eigenvalue weighted by molar-refractivity contribution is 7.07. The summed E-state index contributed by atoms with van der Waals surface area (Å²) in [6.45, 7) is 5.66. The number of ether oxygens (including phenoxy) is 4. The van der Waals surface area contributed by atoms with Crippen molar-refractivity contribution in [2.45, 2.75) is 26.8 Å². The largest absolute Gasteiger partial charge is 0.493 e. The second-order valence-corrected chi connectivity index (χ2v) is 9.37. The lowest BCUT2D eigenvalue weighted by Crippen LogP contribution is -2.40.